The largest absolute Gasteiger partial charge is 0.417 e. The van der Waals surface area contributed by atoms with Crippen LogP contribution in [0.1, 0.15) is 40.9 Å². The molecule has 2 aromatic heterocycles. The molecule has 0 saturated carbocycles. The van der Waals surface area contributed by atoms with Gasteiger partial charge in [-0.2, -0.15) is 18.3 Å². The molecule has 0 fully saturated rings. The number of rotatable bonds is 6. The van der Waals surface area contributed by atoms with Crippen LogP contribution in [0, 0.1) is 5.82 Å². The number of nitrogens with one attached hydrogen (secondary N) is 1. The number of carbonyl (C=O) groups is 1. The number of anilines is 1. The Balaban J connectivity index is 1.88. The monoisotopic (exact) mass is 539 g/mol. The maximum Gasteiger partial charge on any atom is 0.417 e. The summed E-state index contributed by atoms with van der Waals surface area (Å²) in [7, 11) is 1.40. The SMILES string of the molecule is CN=CC=C(N)c1cc(C(=O)Nc2c(-c3ccccc3)nn3ccc(C(C)(C)O)cc23)c(F)cc1C(F)(F)F. The van der Waals surface area contributed by atoms with Gasteiger partial charge in [-0.25, -0.2) is 8.91 Å². The topological polar surface area (TPSA) is 105 Å². The van der Waals surface area contributed by atoms with Crippen molar-refractivity contribution in [3.63, 3.8) is 0 Å². The minimum atomic E-state index is -4.93. The molecule has 202 valence electrons. The summed E-state index contributed by atoms with van der Waals surface area (Å²) in [6, 6.07) is 13.1. The van der Waals surface area contributed by atoms with Gasteiger partial charge in [-0.3, -0.25) is 9.79 Å². The summed E-state index contributed by atoms with van der Waals surface area (Å²) >= 11 is 0. The van der Waals surface area contributed by atoms with Crippen molar-refractivity contribution in [2.45, 2.75) is 25.6 Å². The van der Waals surface area contributed by atoms with Crippen molar-refractivity contribution < 1.29 is 27.5 Å². The molecule has 0 aliphatic heterocycles. The van der Waals surface area contributed by atoms with Gasteiger partial charge in [-0.05, 0) is 49.8 Å². The van der Waals surface area contributed by atoms with Gasteiger partial charge in [0.25, 0.3) is 5.91 Å². The maximum absolute atomic E-state index is 15.0. The predicted octanol–water partition coefficient (Wildman–Crippen LogP) is 5.64. The molecular weight excluding hydrogens is 514 g/mol. The van der Waals surface area contributed by atoms with Crippen LogP contribution in [-0.4, -0.2) is 33.9 Å². The van der Waals surface area contributed by atoms with Crippen LogP contribution < -0.4 is 11.1 Å². The maximum atomic E-state index is 15.0. The Bertz CT molecular complexity index is 1600. The summed E-state index contributed by atoms with van der Waals surface area (Å²) in [5, 5.41) is 17.7. The highest BCUT2D eigenvalue weighted by molar-refractivity contribution is 6.09. The van der Waals surface area contributed by atoms with Gasteiger partial charge in [0, 0.05) is 36.3 Å². The standard InChI is InChI=1S/C28H25F4N5O2/c1-27(2,39)17-10-12-37-23(13-17)25(24(36-37)16-7-5-4-6-8-16)35-26(38)19-14-18(22(33)9-11-34-3)20(15-21(19)29)28(30,31)32/h4-15,39H,33H2,1-3H3,(H,35,38). The van der Waals surface area contributed by atoms with E-state index in [2.05, 4.69) is 15.4 Å². The van der Waals surface area contributed by atoms with E-state index >= 15 is 4.39 Å². The number of aliphatic imine (C=N–C) groups is 1. The Kier molecular flexibility index (Phi) is 7.29. The van der Waals surface area contributed by atoms with E-state index in [1.165, 1.54) is 17.8 Å². The average molecular weight is 540 g/mol. The number of nitrogens with two attached hydrogens (primary N) is 1. The van der Waals surface area contributed by atoms with Gasteiger partial charge in [0.2, 0.25) is 0 Å². The fourth-order valence-corrected chi connectivity index (χ4v) is 3.99. The number of amides is 1. The lowest BCUT2D eigenvalue weighted by molar-refractivity contribution is -0.138. The molecule has 2 heterocycles. The van der Waals surface area contributed by atoms with Crippen LogP contribution in [0.2, 0.25) is 0 Å². The van der Waals surface area contributed by atoms with E-state index in [1.54, 1.807) is 62.5 Å². The first-order valence-corrected chi connectivity index (χ1v) is 11.7. The summed E-state index contributed by atoms with van der Waals surface area (Å²) < 4.78 is 57.5. The van der Waals surface area contributed by atoms with Gasteiger partial charge in [-0.1, -0.05) is 30.3 Å². The summed E-state index contributed by atoms with van der Waals surface area (Å²) in [4.78, 5) is 17.1. The number of pyridine rings is 1. The van der Waals surface area contributed by atoms with Crippen LogP contribution in [0.4, 0.5) is 23.2 Å². The minimum absolute atomic E-state index is 0.180. The first-order chi connectivity index (χ1) is 18.3. The van der Waals surface area contributed by atoms with Crippen molar-refractivity contribution in [2.24, 2.45) is 10.7 Å². The average Bonchev–Trinajstić information content (AvgIpc) is 3.24. The Morgan fingerprint density at radius 2 is 1.79 bits per heavy atom. The molecule has 0 spiro atoms. The number of carbonyl (C=O) groups excluding carboxylic acids is 1. The third kappa shape index (κ3) is 5.68. The number of nitrogens with zero attached hydrogens (tertiary/aromatic N) is 3. The minimum Gasteiger partial charge on any atom is -0.398 e. The molecule has 0 saturated heterocycles. The molecule has 0 unspecified atom stereocenters. The van der Waals surface area contributed by atoms with E-state index in [4.69, 9.17) is 5.73 Å². The van der Waals surface area contributed by atoms with Crippen molar-refractivity contribution >= 4 is 29.0 Å². The molecule has 4 N–H and O–H groups in total. The Labute approximate surface area is 221 Å². The molecule has 1 amide bonds. The first-order valence-electron chi connectivity index (χ1n) is 11.7. The van der Waals surface area contributed by atoms with E-state index in [1.807, 2.05) is 0 Å². The fraction of sp³-hybridized carbons (Fsp3) is 0.179. The highest BCUT2D eigenvalue weighted by Crippen LogP contribution is 2.37. The smallest absolute Gasteiger partial charge is 0.398 e. The third-order valence-electron chi connectivity index (χ3n) is 6.00. The van der Waals surface area contributed by atoms with E-state index in [0.29, 0.717) is 22.3 Å². The number of hydrogen-bond acceptors (Lipinski definition) is 5. The number of aliphatic hydroxyl groups is 1. The number of aromatic nitrogens is 2. The zero-order valence-corrected chi connectivity index (χ0v) is 21.2. The fourth-order valence-electron chi connectivity index (χ4n) is 3.99. The van der Waals surface area contributed by atoms with Gasteiger partial charge < -0.3 is 16.2 Å². The van der Waals surface area contributed by atoms with E-state index < -0.39 is 40.2 Å². The number of halogens is 4. The number of benzene rings is 2. The van der Waals surface area contributed by atoms with Crippen molar-refractivity contribution in [2.75, 3.05) is 12.4 Å². The summed E-state index contributed by atoms with van der Waals surface area (Å²) in [5.41, 5.74) is 3.77. The molecule has 2 aromatic carbocycles. The van der Waals surface area contributed by atoms with Crippen LogP contribution in [0.25, 0.3) is 22.5 Å². The Morgan fingerprint density at radius 1 is 1.10 bits per heavy atom. The number of alkyl halides is 3. The van der Waals surface area contributed by atoms with E-state index in [-0.39, 0.29) is 17.5 Å². The molecule has 0 radical (unpaired) electrons. The van der Waals surface area contributed by atoms with Gasteiger partial charge in [0.1, 0.15) is 11.5 Å². The molecule has 4 rings (SSSR count). The van der Waals surface area contributed by atoms with Gasteiger partial charge >= 0.3 is 6.18 Å². The number of allylic oxidation sites excluding steroid dienone is 1. The van der Waals surface area contributed by atoms with Crippen LogP contribution in [0.15, 0.2) is 71.9 Å². The lowest BCUT2D eigenvalue weighted by Crippen LogP contribution is -2.19. The van der Waals surface area contributed by atoms with Crippen molar-refractivity contribution in [3.05, 3.63) is 94.9 Å². The molecule has 39 heavy (non-hydrogen) atoms. The molecule has 7 nitrogen and oxygen atoms in total. The molecule has 4 aromatic rings. The molecule has 11 heteroatoms. The number of fused-ring (bicyclic) bond motifs is 1. The van der Waals surface area contributed by atoms with Crippen LogP contribution in [-0.2, 0) is 11.8 Å². The summed E-state index contributed by atoms with van der Waals surface area (Å²) in [6.45, 7) is 3.18. The van der Waals surface area contributed by atoms with E-state index in [0.717, 1.165) is 12.1 Å². The Hall–Kier alpha value is -4.51. The molecule has 0 aliphatic rings. The summed E-state index contributed by atoms with van der Waals surface area (Å²) in [6.07, 6.45) is -1.02. The second-order valence-corrected chi connectivity index (χ2v) is 9.25. The first kappa shape index (κ1) is 27.5. The quantitative estimate of drug-likeness (QED) is 0.218. The molecule has 0 bridgehead atoms. The molecule has 0 atom stereocenters. The number of hydrogen-bond donors (Lipinski definition) is 3. The van der Waals surface area contributed by atoms with Crippen molar-refractivity contribution in [1.29, 1.82) is 0 Å². The van der Waals surface area contributed by atoms with E-state index in [9.17, 15) is 23.1 Å². The highest BCUT2D eigenvalue weighted by Gasteiger charge is 2.36. The predicted molar refractivity (Wildman–Crippen MR) is 142 cm³/mol. The second kappa shape index (κ2) is 10.3. The zero-order valence-electron chi connectivity index (χ0n) is 21.2. The zero-order chi connectivity index (χ0) is 28.5. The van der Waals surface area contributed by atoms with Crippen molar-refractivity contribution in [3.8, 4) is 11.3 Å². The molecule has 0 aliphatic carbocycles. The normalized spacial score (nSPS) is 12.9. The van der Waals surface area contributed by atoms with Crippen LogP contribution in [0.5, 0.6) is 0 Å². The van der Waals surface area contributed by atoms with Crippen LogP contribution in [0.3, 0.4) is 0 Å². The summed E-state index contributed by atoms with van der Waals surface area (Å²) in [5.74, 6) is -2.39. The van der Waals surface area contributed by atoms with Gasteiger partial charge in [-0.15, -0.1) is 0 Å². The lowest BCUT2D eigenvalue weighted by atomic mass is 9.98. The van der Waals surface area contributed by atoms with Gasteiger partial charge in [0.15, 0.2) is 0 Å². The van der Waals surface area contributed by atoms with Crippen LogP contribution >= 0.6 is 0 Å². The molecular formula is C28H25F4N5O2. The van der Waals surface area contributed by atoms with Crippen molar-refractivity contribution in [1.82, 2.24) is 9.61 Å². The highest BCUT2D eigenvalue weighted by atomic mass is 19.4. The Morgan fingerprint density at radius 3 is 2.41 bits per heavy atom. The second-order valence-electron chi connectivity index (χ2n) is 9.25. The third-order valence-corrected chi connectivity index (χ3v) is 6.00. The van der Waals surface area contributed by atoms with Gasteiger partial charge in [0.05, 0.1) is 27.9 Å². The lowest BCUT2D eigenvalue weighted by Gasteiger charge is -2.18.